The highest BCUT2D eigenvalue weighted by atomic mass is 35.5. The summed E-state index contributed by atoms with van der Waals surface area (Å²) < 4.78 is 0. The molecule has 7 heavy (non-hydrogen) atoms. The van der Waals surface area contributed by atoms with Crippen molar-refractivity contribution >= 4 is 17.9 Å². The topological polar surface area (TPSA) is 37.3 Å². The molecule has 0 aliphatic rings. The lowest BCUT2D eigenvalue weighted by atomic mass is 10.2. The minimum Gasteiger partial charge on any atom is -0.381 e. The van der Waals surface area contributed by atoms with Crippen molar-refractivity contribution in [3.8, 4) is 0 Å². The fraction of sp³-hybridized carbons (Fsp3) is 0.750. The fourth-order valence-corrected chi connectivity index (χ4v) is 0.0945. The molecule has 0 fully saturated rings. The largest absolute Gasteiger partial charge is 0.381 e. The van der Waals surface area contributed by atoms with Gasteiger partial charge in [0.15, 0.2) is 6.29 Å². The number of hydrogen-bond acceptors (Lipinski definition) is 2. The minimum absolute atomic E-state index is 0.0451. The highest BCUT2D eigenvalue weighted by Gasteiger charge is 2.15. The van der Waals surface area contributed by atoms with Crippen LogP contribution in [0.2, 0.25) is 0 Å². The quantitative estimate of drug-likeness (QED) is 0.419. The van der Waals surface area contributed by atoms with E-state index >= 15 is 0 Å². The second kappa shape index (κ2) is 2.28. The summed E-state index contributed by atoms with van der Waals surface area (Å²) in [5, 5.41) is 8.63. The van der Waals surface area contributed by atoms with Crippen LogP contribution in [0.4, 0.5) is 0 Å². The number of hydrogen-bond donors (Lipinski definition) is 1. The van der Waals surface area contributed by atoms with E-state index in [9.17, 15) is 4.79 Å². The van der Waals surface area contributed by atoms with Crippen LogP contribution in [0, 0.1) is 0 Å². The highest BCUT2D eigenvalue weighted by molar-refractivity contribution is 6.19. The van der Waals surface area contributed by atoms with Crippen molar-refractivity contribution < 1.29 is 9.90 Å². The average Bonchev–Trinajstić information content (AvgIpc) is 1.68. The standard InChI is InChI=1S/C4H7ClO2/c1-4(7,2-5)3-6/h3,7H,2H2,1H3. The summed E-state index contributed by atoms with van der Waals surface area (Å²) in [5.41, 5.74) is -1.33. The van der Waals surface area contributed by atoms with Gasteiger partial charge < -0.3 is 9.90 Å². The zero-order chi connectivity index (χ0) is 5.91. The first kappa shape index (κ1) is 6.92. The molecule has 0 amide bonds. The Morgan fingerprint density at radius 2 is 2.43 bits per heavy atom. The van der Waals surface area contributed by atoms with Crippen molar-refractivity contribution in [2.45, 2.75) is 12.5 Å². The smallest absolute Gasteiger partial charge is 0.152 e. The maximum absolute atomic E-state index is 9.72. The normalized spacial score (nSPS) is 18.1. The molecule has 1 unspecified atom stereocenters. The van der Waals surface area contributed by atoms with E-state index in [1.165, 1.54) is 6.92 Å². The van der Waals surface area contributed by atoms with Gasteiger partial charge in [-0.25, -0.2) is 0 Å². The lowest BCUT2D eigenvalue weighted by Crippen LogP contribution is -2.27. The van der Waals surface area contributed by atoms with Gasteiger partial charge in [0.25, 0.3) is 0 Å². The SMILES string of the molecule is CC(O)(C=O)CCl. The molecule has 0 saturated carbocycles. The van der Waals surface area contributed by atoms with Gasteiger partial charge in [-0.2, -0.15) is 0 Å². The van der Waals surface area contributed by atoms with E-state index in [0.717, 1.165) is 0 Å². The molecule has 1 N–H and O–H groups in total. The van der Waals surface area contributed by atoms with Crippen molar-refractivity contribution in [3.63, 3.8) is 0 Å². The van der Waals surface area contributed by atoms with Crippen molar-refractivity contribution in [2.75, 3.05) is 5.88 Å². The predicted molar refractivity (Wildman–Crippen MR) is 27.4 cm³/mol. The lowest BCUT2D eigenvalue weighted by molar-refractivity contribution is -0.120. The summed E-state index contributed by atoms with van der Waals surface area (Å²) in [6.07, 6.45) is 0.417. The van der Waals surface area contributed by atoms with Crippen LogP contribution in [-0.4, -0.2) is 22.9 Å². The Bertz CT molecular complexity index is 70.1. The maximum Gasteiger partial charge on any atom is 0.152 e. The van der Waals surface area contributed by atoms with E-state index in [4.69, 9.17) is 16.7 Å². The van der Waals surface area contributed by atoms with Crippen LogP contribution in [0.1, 0.15) is 6.92 Å². The number of aliphatic hydroxyl groups is 1. The zero-order valence-corrected chi connectivity index (χ0v) is 4.77. The molecule has 0 heterocycles. The molecule has 0 spiro atoms. The van der Waals surface area contributed by atoms with Crippen LogP contribution >= 0.6 is 11.6 Å². The molecular formula is C4H7ClO2. The van der Waals surface area contributed by atoms with Crippen LogP contribution in [-0.2, 0) is 4.79 Å². The number of alkyl halides is 1. The highest BCUT2D eigenvalue weighted by Crippen LogP contribution is 1.98. The molecule has 0 bridgehead atoms. The average molecular weight is 123 g/mol. The van der Waals surface area contributed by atoms with Crippen LogP contribution in [0.3, 0.4) is 0 Å². The van der Waals surface area contributed by atoms with E-state index in [0.29, 0.717) is 6.29 Å². The molecule has 0 aromatic rings. The van der Waals surface area contributed by atoms with Gasteiger partial charge in [-0.05, 0) is 6.92 Å². The number of carbonyl (C=O) groups is 1. The Kier molecular flexibility index (Phi) is 2.26. The third-order valence-corrected chi connectivity index (χ3v) is 1.07. The first-order valence-corrected chi connectivity index (χ1v) is 2.40. The van der Waals surface area contributed by atoms with Crippen molar-refractivity contribution in [3.05, 3.63) is 0 Å². The summed E-state index contributed by atoms with van der Waals surface area (Å²) in [4.78, 5) is 9.72. The number of aldehydes is 1. The van der Waals surface area contributed by atoms with Gasteiger partial charge in [0.1, 0.15) is 5.60 Å². The molecule has 0 aliphatic carbocycles. The van der Waals surface area contributed by atoms with Gasteiger partial charge in [-0.3, -0.25) is 0 Å². The second-order valence-electron chi connectivity index (χ2n) is 1.61. The Labute approximate surface area is 47.1 Å². The number of carbonyl (C=O) groups excluding carboxylic acids is 1. The van der Waals surface area contributed by atoms with Crippen LogP contribution in [0.15, 0.2) is 0 Å². The molecule has 0 aliphatic heterocycles. The minimum atomic E-state index is -1.33. The summed E-state index contributed by atoms with van der Waals surface area (Å²) in [6.45, 7) is 1.35. The fourth-order valence-electron chi connectivity index (χ4n) is 0.0315. The molecule has 1 atom stereocenters. The van der Waals surface area contributed by atoms with Gasteiger partial charge in [-0.15, -0.1) is 11.6 Å². The van der Waals surface area contributed by atoms with Crippen LogP contribution < -0.4 is 0 Å². The molecule has 42 valence electrons. The van der Waals surface area contributed by atoms with Crippen molar-refractivity contribution in [1.29, 1.82) is 0 Å². The number of rotatable bonds is 2. The monoisotopic (exact) mass is 122 g/mol. The van der Waals surface area contributed by atoms with Gasteiger partial charge in [0, 0.05) is 0 Å². The third-order valence-electron chi connectivity index (χ3n) is 0.524. The van der Waals surface area contributed by atoms with E-state index in [1.54, 1.807) is 0 Å². The second-order valence-corrected chi connectivity index (χ2v) is 1.88. The molecule has 0 rings (SSSR count). The summed E-state index contributed by atoms with van der Waals surface area (Å²) in [5.74, 6) is -0.0451. The van der Waals surface area contributed by atoms with E-state index in [1.807, 2.05) is 0 Å². The van der Waals surface area contributed by atoms with E-state index in [2.05, 4.69) is 0 Å². The lowest BCUT2D eigenvalue weighted by Gasteiger charge is -2.08. The molecule has 0 aromatic heterocycles. The van der Waals surface area contributed by atoms with E-state index in [-0.39, 0.29) is 5.88 Å². The van der Waals surface area contributed by atoms with Crippen molar-refractivity contribution in [2.24, 2.45) is 0 Å². The van der Waals surface area contributed by atoms with Crippen LogP contribution in [0.5, 0.6) is 0 Å². The number of halogens is 1. The Morgan fingerprint density at radius 3 is 2.43 bits per heavy atom. The predicted octanol–water partition coefficient (Wildman–Crippen LogP) is 0.175. The molecule has 0 radical (unpaired) electrons. The van der Waals surface area contributed by atoms with Gasteiger partial charge >= 0.3 is 0 Å². The first-order valence-electron chi connectivity index (χ1n) is 1.87. The summed E-state index contributed by atoms with van der Waals surface area (Å²) >= 11 is 5.11. The van der Waals surface area contributed by atoms with Gasteiger partial charge in [0.2, 0.25) is 0 Å². The first-order chi connectivity index (χ1) is 3.12. The molecular weight excluding hydrogens is 115 g/mol. The summed E-state index contributed by atoms with van der Waals surface area (Å²) in [7, 11) is 0. The van der Waals surface area contributed by atoms with Gasteiger partial charge in [0.05, 0.1) is 5.88 Å². The van der Waals surface area contributed by atoms with Gasteiger partial charge in [-0.1, -0.05) is 0 Å². The maximum atomic E-state index is 9.72. The zero-order valence-electron chi connectivity index (χ0n) is 4.02. The summed E-state index contributed by atoms with van der Waals surface area (Å²) in [6, 6.07) is 0. The molecule has 2 nitrogen and oxygen atoms in total. The molecule has 0 aromatic carbocycles. The van der Waals surface area contributed by atoms with Crippen LogP contribution in [0.25, 0.3) is 0 Å². The molecule has 0 saturated heterocycles. The third kappa shape index (κ3) is 2.60. The Morgan fingerprint density at radius 1 is 2.00 bits per heavy atom. The van der Waals surface area contributed by atoms with E-state index < -0.39 is 5.60 Å². The molecule has 3 heteroatoms. The van der Waals surface area contributed by atoms with Crippen molar-refractivity contribution in [1.82, 2.24) is 0 Å². The Hall–Kier alpha value is -0.0800. The Balaban J connectivity index is 3.58.